The van der Waals surface area contributed by atoms with Crippen molar-refractivity contribution in [3.63, 3.8) is 0 Å². The van der Waals surface area contributed by atoms with Crippen LogP contribution in [0.1, 0.15) is 37.4 Å². The lowest BCUT2D eigenvalue weighted by atomic mass is 10.0. The SMILES string of the molecule is CCOC(=O)C(C)c1ccc2c(n1)N(C(=O)O)CCC2. The molecule has 1 atom stereocenters. The van der Waals surface area contributed by atoms with Gasteiger partial charge in [-0.05, 0) is 38.3 Å². The van der Waals surface area contributed by atoms with Gasteiger partial charge in [-0.2, -0.15) is 0 Å². The van der Waals surface area contributed by atoms with E-state index < -0.39 is 12.0 Å². The first-order chi connectivity index (χ1) is 9.54. The number of carbonyl (C=O) groups excluding carboxylic acids is 1. The number of esters is 1. The number of carbonyl (C=O) groups is 2. The molecule has 1 aromatic rings. The number of aryl methyl sites for hydroxylation is 1. The van der Waals surface area contributed by atoms with E-state index in [1.54, 1.807) is 19.9 Å². The summed E-state index contributed by atoms with van der Waals surface area (Å²) in [6.45, 7) is 4.21. The fourth-order valence-electron chi connectivity index (χ4n) is 2.27. The number of fused-ring (bicyclic) bond motifs is 1. The Balaban J connectivity index is 2.32. The lowest BCUT2D eigenvalue weighted by Gasteiger charge is -2.26. The summed E-state index contributed by atoms with van der Waals surface area (Å²) in [4.78, 5) is 28.6. The van der Waals surface area contributed by atoms with Gasteiger partial charge < -0.3 is 9.84 Å². The van der Waals surface area contributed by atoms with E-state index in [9.17, 15) is 14.7 Å². The Labute approximate surface area is 117 Å². The highest BCUT2D eigenvalue weighted by Crippen LogP contribution is 2.27. The monoisotopic (exact) mass is 278 g/mol. The van der Waals surface area contributed by atoms with Gasteiger partial charge in [0.05, 0.1) is 18.2 Å². The van der Waals surface area contributed by atoms with Gasteiger partial charge in [-0.1, -0.05) is 6.07 Å². The minimum atomic E-state index is -1.01. The number of anilines is 1. The van der Waals surface area contributed by atoms with Crippen molar-refractivity contribution in [3.8, 4) is 0 Å². The molecular weight excluding hydrogens is 260 g/mol. The first-order valence-corrected chi connectivity index (χ1v) is 6.71. The molecule has 1 aliphatic rings. The molecule has 2 rings (SSSR count). The van der Waals surface area contributed by atoms with Crippen LogP contribution in [0.4, 0.5) is 10.6 Å². The van der Waals surface area contributed by atoms with Gasteiger partial charge in [-0.15, -0.1) is 0 Å². The van der Waals surface area contributed by atoms with E-state index in [0.29, 0.717) is 24.7 Å². The van der Waals surface area contributed by atoms with E-state index in [4.69, 9.17) is 4.74 Å². The van der Waals surface area contributed by atoms with Gasteiger partial charge in [0.15, 0.2) is 0 Å². The number of hydrogen-bond acceptors (Lipinski definition) is 4. The summed E-state index contributed by atoms with van der Waals surface area (Å²) in [5.74, 6) is -0.409. The van der Waals surface area contributed by atoms with Crippen molar-refractivity contribution < 1.29 is 19.4 Å². The predicted molar refractivity (Wildman–Crippen MR) is 73.0 cm³/mol. The number of hydrogen-bond donors (Lipinski definition) is 1. The molecule has 0 fully saturated rings. The molecule has 2 heterocycles. The van der Waals surface area contributed by atoms with Crippen molar-refractivity contribution in [3.05, 3.63) is 23.4 Å². The minimum Gasteiger partial charge on any atom is -0.465 e. The summed E-state index contributed by atoms with van der Waals surface area (Å²) in [5.41, 5.74) is 1.44. The topological polar surface area (TPSA) is 79.7 Å². The van der Waals surface area contributed by atoms with Crippen molar-refractivity contribution in [2.45, 2.75) is 32.6 Å². The zero-order valence-electron chi connectivity index (χ0n) is 11.6. The molecule has 1 aromatic heterocycles. The number of carboxylic acid groups (broad SMARTS) is 1. The zero-order chi connectivity index (χ0) is 14.7. The normalized spacial score (nSPS) is 15.4. The van der Waals surface area contributed by atoms with E-state index in [-0.39, 0.29) is 5.97 Å². The van der Waals surface area contributed by atoms with E-state index >= 15 is 0 Å². The fraction of sp³-hybridized carbons (Fsp3) is 0.500. The Kier molecular flexibility index (Phi) is 4.22. The second-order valence-corrected chi connectivity index (χ2v) is 4.73. The first kappa shape index (κ1) is 14.3. The molecule has 0 bridgehead atoms. The van der Waals surface area contributed by atoms with E-state index in [2.05, 4.69) is 4.98 Å². The van der Waals surface area contributed by atoms with Gasteiger partial charge in [0.25, 0.3) is 0 Å². The highest BCUT2D eigenvalue weighted by atomic mass is 16.5. The summed E-state index contributed by atoms with van der Waals surface area (Å²) in [7, 11) is 0. The standard InChI is InChI=1S/C14H18N2O4/c1-3-20-13(17)9(2)11-7-6-10-5-4-8-16(14(18)19)12(10)15-11/h6-7,9H,3-5,8H2,1-2H3,(H,18,19). The quantitative estimate of drug-likeness (QED) is 0.857. The molecular formula is C14H18N2O4. The van der Waals surface area contributed by atoms with Crippen LogP contribution in [0.25, 0.3) is 0 Å². The molecule has 0 saturated carbocycles. The number of ether oxygens (including phenoxy) is 1. The van der Waals surface area contributed by atoms with Gasteiger partial charge in [0.1, 0.15) is 5.82 Å². The highest BCUT2D eigenvalue weighted by molar-refractivity contribution is 5.86. The molecule has 1 N–H and O–H groups in total. The average Bonchev–Trinajstić information content (AvgIpc) is 2.45. The van der Waals surface area contributed by atoms with Crippen molar-refractivity contribution in [2.24, 2.45) is 0 Å². The summed E-state index contributed by atoms with van der Waals surface area (Å²) in [6, 6.07) is 3.62. The summed E-state index contributed by atoms with van der Waals surface area (Å²) in [6.07, 6.45) is 0.577. The molecule has 0 spiro atoms. The molecule has 0 saturated heterocycles. The Morgan fingerprint density at radius 1 is 1.50 bits per heavy atom. The van der Waals surface area contributed by atoms with Crippen LogP contribution in [-0.2, 0) is 16.0 Å². The van der Waals surface area contributed by atoms with Gasteiger partial charge in [0.2, 0.25) is 0 Å². The molecule has 0 aliphatic carbocycles. The molecule has 0 radical (unpaired) electrons. The van der Waals surface area contributed by atoms with Crippen LogP contribution in [-0.4, -0.2) is 35.3 Å². The Morgan fingerprint density at radius 2 is 2.25 bits per heavy atom. The van der Waals surface area contributed by atoms with Gasteiger partial charge in [0, 0.05) is 6.54 Å². The lowest BCUT2D eigenvalue weighted by Crippen LogP contribution is -2.35. The fourth-order valence-corrected chi connectivity index (χ4v) is 2.27. The van der Waals surface area contributed by atoms with Crippen LogP contribution in [0.2, 0.25) is 0 Å². The maximum absolute atomic E-state index is 11.7. The van der Waals surface area contributed by atoms with Crippen molar-refractivity contribution in [1.82, 2.24) is 4.98 Å². The van der Waals surface area contributed by atoms with Crippen molar-refractivity contribution in [1.29, 1.82) is 0 Å². The maximum Gasteiger partial charge on any atom is 0.413 e. The van der Waals surface area contributed by atoms with Gasteiger partial charge in [-0.3, -0.25) is 9.69 Å². The van der Waals surface area contributed by atoms with Gasteiger partial charge in [-0.25, -0.2) is 9.78 Å². The van der Waals surface area contributed by atoms with E-state index in [0.717, 1.165) is 18.4 Å². The number of amides is 1. The van der Waals surface area contributed by atoms with Crippen LogP contribution >= 0.6 is 0 Å². The minimum absolute atomic E-state index is 0.315. The number of rotatable bonds is 3. The third kappa shape index (κ3) is 2.74. The van der Waals surface area contributed by atoms with Crippen molar-refractivity contribution >= 4 is 17.9 Å². The smallest absolute Gasteiger partial charge is 0.413 e. The second-order valence-electron chi connectivity index (χ2n) is 4.73. The Morgan fingerprint density at radius 3 is 2.90 bits per heavy atom. The Hall–Kier alpha value is -2.11. The largest absolute Gasteiger partial charge is 0.465 e. The molecule has 1 unspecified atom stereocenters. The molecule has 6 nitrogen and oxygen atoms in total. The van der Waals surface area contributed by atoms with Gasteiger partial charge >= 0.3 is 12.1 Å². The summed E-state index contributed by atoms with van der Waals surface area (Å²) >= 11 is 0. The van der Waals surface area contributed by atoms with Crippen LogP contribution in [0.3, 0.4) is 0 Å². The molecule has 20 heavy (non-hydrogen) atoms. The molecule has 108 valence electrons. The first-order valence-electron chi connectivity index (χ1n) is 6.71. The summed E-state index contributed by atoms with van der Waals surface area (Å²) in [5, 5.41) is 9.20. The van der Waals surface area contributed by atoms with E-state index in [1.807, 2.05) is 6.07 Å². The summed E-state index contributed by atoms with van der Waals surface area (Å²) < 4.78 is 4.97. The van der Waals surface area contributed by atoms with E-state index in [1.165, 1.54) is 4.90 Å². The number of pyridine rings is 1. The molecule has 0 aromatic carbocycles. The zero-order valence-corrected chi connectivity index (χ0v) is 11.6. The van der Waals surface area contributed by atoms with Crippen LogP contribution in [0.5, 0.6) is 0 Å². The second kappa shape index (κ2) is 5.90. The molecule has 1 amide bonds. The van der Waals surface area contributed by atoms with Crippen molar-refractivity contribution in [2.75, 3.05) is 18.1 Å². The molecule has 6 heteroatoms. The van der Waals surface area contributed by atoms with Crippen LogP contribution < -0.4 is 4.90 Å². The number of aromatic nitrogens is 1. The average molecular weight is 278 g/mol. The van der Waals surface area contributed by atoms with Crippen LogP contribution in [0.15, 0.2) is 12.1 Å². The maximum atomic E-state index is 11.7. The third-order valence-corrected chi connectivity index (χ3v) is 3.38. The predicted octanol–water partition coefficient (Wildman–Crippen LogP) is 2.18. The lowest BCUT2D eigenvalue weighted by molar-refractivity contribution is -0.144. The third-order valence-electron chi connectivity index (χ3n) is 3.38. The highest BCUT2D eigenvalue weighted by Gasteiger charge is 2.26. The molecule has 1 aliphatic heterocycles. The Bertz CT molecular complexity index is 530. The van der Waals surface area contributed by atoms with Crippen LogP contribution in [0, 0.1) is 0 Å². The number of nitrogens with zero attached hydrogens (tertiary/aromatic N) is 2.